The minimum atomic E-state index is 0.541. The van der Waals surface area contributed by atoms with E-state index in [1.165, 1.54) is 11.1 Å². The highest BCUT2D eigenvalue weighted by Gasteiger charge is 2.05. The van der Waals surface area contributed by atoms with Crippen molar-refractivity contribution >= 4 is 12.6 Å². The summed E-state index contributed by atoms with van der Waals surface area (Å²) in [5.41, 5.74) is 2.59. The Morgan fingerprint density at radius 1 is 1.38 bits per heavy atom. The second kappa shape index (κ2) is 4.68. The summed E-state index contributed by atoms with van der Waals surface area (Å²) >= 11 is 4.31. The summed E-state index contributed by atoms with van der Waals surface area (Å²) < 4.78 is 5.14. The summed E-state index contributed by atoms with van der Waals surface area (Å²) in [4.78, 5) is 0.997. The molecule has 0 N–H and O–H groups in total. The fourth-order valence-electron chi connectivity index (χ4n) is 1.44. The molecule has 0 aromatic heterocycles. The summed E-state index contributed by atoms with van der Waals surface area (Å²) in [6.45, 7) is 5.04. The maximum absolute atomic E-state index is 5.14. The van der Waals surface area contributed by atoms with Crippen molar-refractivity contribution in [2.45, 2.75) is 31.3 Å². The molecule has 0 radical (unpaired) electrons. The highest BCUT2D eigenvalue weighted by molar-refractivity contribution is 7.80. The van der Waals surface area contributed by atoms with Gasteiger partial charge in [0.2, 0.25) is 0 Å². The third kappa shape index (κ3) is 2.75. The maximum Gasteiger partial charge on any atom is 0.0716 e. The van der Waals surface area contributed by atoms with E-state index in [1.807, 2.05) is 6.07 Å². The van der Waals surface area contributed by atoms with Crippen molar-refractivity contribution < 1.29 is 4.74 Å². The predicted octanol–water partition coefficient (Wildman–Crippen LogP) is 3.25. The van der Waals surface area contributed by atoms with Gasteiger partial charge in [-0.1, -0.05) is 19.9 Å². The van der Waals surface area contributed by atoms with Crippen molar-refractivity contribution in [1.29, 1.82) is 0 Å². The first-order valence-corrected chi connectivity index (χ1v) is 4.90. The predicted molar refractivity (Wildman–Crippen MR) is 58.5 cm³/mol. The lowest BCUT2D eigenvalue weighted by Gasteiger charge is -2.12. The molecule has 0 unspecified atom stereocenters. The molecule has 0 fully saturated rings. The molecule has 0 heterocycles. The van der Waals surface area contributed by atoms with Crippen molar-refractivity contribution in [1.82, 2.24) is 0 Å². The molecule has 72 valence electrons. The van der Waals surface area contributed by atoms with Gasteiger partial charge in [0.15, 0.2) is 0 Å². The average Bonchev–Trinajstić information content (AvgIpc) is 2.04. The van der Waals surface area contributed by atoms with Crippen LogP contribution in [0.1, 0.15) is 30.9 Å². The minimum Gasteiger partial charge on any atom is -0.380 e. The standard InChI is InChI=1S/C11H16OS/c1-8(2)11-5-4-10(13)6-9(11)7-12-3/h4-6,8,13H,7H2,1-3H3. The number of benzene rings is 1. The monoisotopic (exact) mass is 196 g/mol. The van der Waals surface area contributed by atoms with Gasteiger partial charge in [0.25, 0.3) is 0 Å². The lowest BCUT2D eigenvalue weighted by atomic mass is 9.98. The van der Waals surface area contributed by atoms with Crippen LogP contribution in [0, 0.1) is 0 Å². The van der Waals surface area contributed by atoms with Crippen LogP contribution in [0.2, 0.25) is 0 Å². The largest absolute Gasteiger partial charge is 0.380 e. The molecule has 0 aliphatic heterocycles. The van der Waals surface area contributed by atoms with Crippen LogP contribution in [0.3, 0.4) is 0 Å². The summed E-state index contributed by atoms with van der Waals surface area (Å²) in [5, 5.41) is 0. The van der Waals surface area contributed by atoms with Crippen LogP contribution in [-0.4, -0.2) is 7.11 Å². The number of thiol groups is 1. The summed E-state index contributed by atoms with van der Waals surface area (Å²) in [6, 6.07) is 6.22. The normalized spacial score (nSPS) is 10.8. The second-order valence-corrected chi connectivity index (χ2v) is 3.99. The van der Waals surface area contributed by atoms with Gasteiger partial charge in [0, 0.05) is 12.0 Å². The quantitative estimate of drug-likeness (QED) is 0.730. The molecular weight excluding hydrogens is 180 g/mol. The van der Waals surface area contributed by atoms with Gasteiger partial charge in [-0.15, -0.1) is 12.6 Å². The lowest BCUT2D eigenvalue weighted by Crippen LogP contribution is -1.97. The summed E-state index contributed by atoms with van der Waals surface area (Å²) in [7, 11) is 1.72. The molecule has 0 amide bonds. The van der Waals surface area contributed by atoms with Crippen molar-refractivity contribution in [3.8, 4) is 0 Å². The lowest BCUT2D eigenvalue weighted by molar-refractivity contribution is 0.183. The van der Waals surface area contributed by atoms with E-state index >= 15 is 0 Å². The molecular formula is C11H16OS. The van der Waals surface area contributed by atoms with Gasteiger partial charge in [0.1, 0.15) is 0 Å². The fraction of sp³-hybridized carbons (Fsp3) is 0.455. The molecule has 0 saturated heterocycles. The van der Waals surface area contributed by atoms with Crippen LogP contribution in [0.15, 0.2) is 23.1 Å². The molecule has 1 aromatic carbocycles. The zero-order chi connectivity index (χ0) is 9.84. The zero-order valence-electron chi connectivity index (χ0n) is 8.37. The van der Waals surface area contributed by atoms with E-state index < -0.39 is 0 Å². The Kier molecular flexibility index (Phi) is 3.82. The smallest absolute Gasteiger partial charge is 0.0716 e. The van der Waals surface area contributed by atoms with Crippen molar-refractivity contribution in [3.63, 3.8) is 0 Å². The third-order valence-corrected chi connectivity index (χ3v) is 2.33. The van der Waals surface area contributed by atoms with Crippen molar-refractivity contribution in [3.05, 3.63) is 29.3 Å². The first-order chi connectivity index (χ1) is 6.15. The van der Waals surface area contributed by atoms with E-state index in [1.54, 1.807) is 7.11 Å². The van der Waals surface area contributed by atoms with E-state index in [2.05, 4.69) is 38.6 Å². The summed E-state index contributed by atoms with van der Waals surface area (Å²) in [5.74, 6) is 0.541. The Hall–Kier alpha value is -0.470. The Labute approximate surface area is 85.5 Å². The maximum atomic E-state index is 5.14. The van der Waals surface area contributed by atoms with Gasteiger partial charge in [-0.3, -0.25) is 0 Å². The molecule has 1 nitrogen and oxygen atoms in total. The third-order valence-electron chi connectivity index (χ3n) is 2.05. The zero-order valence-corrected chi connectivity index (χ0v) is 9.27. The van der Waals surface area contributed by atoms with Gasteiger partial charge in [-0.2, -0.15) is 0 Å². The van der Waals surface area contributed by atoms with E-state index in [0.717, 1.165) is 4.90 Å². The van der Waals surface area contributed by atoms with Crippen LogP contribution in [0.5, 0.6) is 0 Å². The number of hydrogen-bond acceptors (Lipinski definition) is 2. The first kappa shape index (κ1) is 10.6. The number of ether oxygens (including phenoxy) is 1. The summed E-state index contributed by atoms with van der Waals surface area (Å²) in [6.07, 6.45) is 0. The second-order valence-electron chi connectivity index (χ2n) is 3.47. The van der Waals surface area contributed by atoms with Gasteiger partial charge < -0.3 is 4.74 Å². The molecule has 0 bridgehead atoms. The molecule has 0 atom stereocenters. The van der Waals surface area contributed by atoms with E-state index in [0.29, 0.717) is 12.5 Å². The number of methoxy groups -OCH3 is 1. The Balaban J connectivity index is 3.03. The van der Waals surface area contributed by atoms with Crippen LogP contribution in [-0.2, 0) is 11.3 Å². The van der Waals surface area contributed by atoms with Crippen LogP contribution in [0.25, 0.3) is 0 Å². The molecule has 0 saturated carbocycles. The van der Waals surface area contributed by atoms with Crippen LogP contribution >= 0.6 is 12.6 Å². The van der Waals surface area contributed by atoms with E-state index in [9.17, 15) is 0 Å². The molecule has 2 heteroatoms. The molecule has 0 aliphatic rings. The van der Waals surface area contributed by atoms with Crippen LogP contribution in [0.4, 0.5) is 0 Å². The minimum absolute atomic E-state index is 0.541. The van der Waals surface area contributed by atoms with E-state index in [-0.39, 0.29) is 0 Å². The number of hydrogen-bond donors (Lipinski definition) is 1. The SMILES string of the molecule is COCc1cc(S)ccc1C(C)C. The Morgan fingerprint density at radius 2 is 2.08 bits per heavy atom. The van der Waals surface area contributed by atoms with E-state index in [4.69, 9.17) is 4.74 Å². The van der Waals surface area contributed by atoms with Gasteiger partial charge in [-0.25, -0.2) is 0 Å². The Bertz CT molecular complexity index is 281. The van der Waals surface area contributed by atoms with Crippen molar-refractivity contribution in [2.24, 2.45) is 0 Å². The molecule has 0 spiro atoms. The highest BCUT2D eigenvalue weighted by Crippen LogP contribution is 2.22. The highest BCUT2D eigenvalue weighted by atomic mass is 32.1. The van der Waals surface area contributed by atoms with Gasteiger partial charge >= 0.3 is 0 Å². The van der Waals surface area contributed by atoms with Gasteiger partial charge in [0.05, 0.1) is 6.61 Å². The van der Waals surface area contributed by atoms with Gasteiger partial charge in [-0.05, 0) is 29.2 Å². The van der Waals surface area contributed by atoms with Crippen molar-refractivity contribution in [2.75, 3.05) is 7.11 Å². The average molecular weight is 196 g/mol. The molecule has 1 aromatic rings. The molecule has 13 heavy (non-hydrogen) atoms. The van der Waals surface area contributed by atoms with Crippen LogP contribution < -0.4 is 0 Å². The number of rotatable bonds is 3. The fourth-order valence-corrected chi connectivity index (χ4v) is 1.67. The first-order valence-electron chi connectivity index (χ1n) is 4.46. The Morgan fingerprint density at radius 3 is 2.62 bits per heavy atom. The topological polar surface area (TPSA) is 9.23 Å². The molecule has 0 aliphatic carbocycles. The molecule has 1 rings (SSSR count).